The number of aliphatic carboxylic acids is 1. The van der Waals surface area contributed by atoms with Gasteiger partial charge in [-0.3, -0.25) is 4.79 Å². The molecule has 1 fully saturated rings. The molecule has 4 nitrogen and oxygen atoms in total. The second-order valence-electron chi connectivity index (χ2n) is 8.12. The fourth-order valence-electron chi connectivity index (χ4n) is 4.58. The van der Waals surface area contributed by atoms with Crippen LogP contribution in [0.3, 0.4) is 0 Å². The second kappa shape index (κ2) is 10.9. The van der Waals surface area contributed by atoms with Crippen molar-refractivity contribution in [3.05, 3.63) is 23.8 Å². The van der Waals surface area contributed by atoms with E-state index in [0.29, 0.717) is 11.8 Å². The van der Waals surface area contributed by atoms with Crippen molar-refractivity contribution in [3.8, 4) is 0 Å². The van der Waals surface area contributed by atoms with E-state index >= 15 is 0 Å². The molecule has 26 heavy (non-hydrogen) atoms. The van der Waals surface area contributed by atoms with Crippen molar-refractivity contribution >= 4 is 5.97 Å². The Bertz CT molecular complexity index is 496. The molecule has 0 aromatic carbocycles. The van der Waals surface area contributed by atoms with E-state index in [1.54, 1.807) is 0 Å². The smallest absolute Gasteiger partial charge is 0.303 e. The Morgan fingerprint density at radius 2 is 2.12 bits per heavy atom. The molecule has 0 radical (unpaired) electrons. The molecule has 148 valence electrons. The number of unbranched alkanes of at least 4 members (excludes halogenated alkanes) is 3. The molecule has 1 unspecified atom stereocenters. The highest BCUT2D eigenvalue weighted by Gasteiger charge is 2.41. The summed E-state index contributed by atoms with van der Waals surface area (Å²) in [6, 6.07) is 0. The average Bonchev–Trinajstić information content (AvgIpc) is 2.91. The molecule has 0 aliphatic heterocycles. The number of fused-ring (bicyclic) bond motifs is 1. The van der Waals surface area contributed by atoms with Gasteiger partial charge in [0, 0.05) is 12.3 Å². The van der Waals surface area contributed by atoms with Crippen LogP contribution in [0.1, 0.15) is 77.6 Å². The molecule has 0 aromatic rings. The summed E-state index contributed by atoms with van der Waals surface area (Å²) in [5.41, 5.74) is 1.44. The van der Waals surface area contributed by atoms with Gasteiger partial charge in [0.15, 0.2) is 0 Å². The first-order chi connectivity index (χ1) is 12.5. The van der Waals surface area contributed by atoms with Crippen LogP contribution < -0.4 is 0 Å². The van der Waals surface area contributed by atoms with Crippen LogP contribution in [0.4, 0.5) is 0 Å². The molecule has 0 amide bonds. The van der Waals surface area contributed by atoms with Gasteiger partial charge in [-0.25, -0.2) is 0 Å². The van der Waals surface area contributed by atoms with Crippen molar-refractivity contribution in [2.75, 3.05) is 0 Å². The Kier molecular flexibility index (Phi) is 8.86. The van der Waals surface area contributed by atoms with Gasteiger partial charge in [-0.1, -0.05) is 50.0 Å². The van der Waals surface area contributed by atoms with Gasteiger partial charge in [0.05, 0.1) is 12.2 Å². The van der Waals surface area contributed by atoms with Crippen LogP contribution in [-0.4, -0.2) is 33.5 Å². The summed E-state index contributed by atoms with van der Waals surface area (Å²) in [5, 5.41) is 29.3. The third-order valence-corrected chi connectivity index (χ3v) is 6.05. The third-order valence-electron chi connectivity index (χ3n) is 6.05. The highest BCUT2D eigenvalue weighted by atomic mass is 16.4. The molecule has 5 atom stereocenters. The zero-order valence-electron chi connectivity index (χ0n) is 16.1. The Balaban J connectivity index is 1.82. The number of hydrogen-bond acceptors (Lipinski definition) is 3. The van der Waals surface area contributed by atoms with Gasteiger partial charge in [0.25, 0.3) is 0 Å². The first kappa shape index (κ1) is 21.2. The van der Waals surface area contributed by atoms with Gasteiger partial charge in [-0.15, -0.1) is 0 Å². The highest BCUT2D eigenvalue weighted by molar-refractivity contribution is 5.66. The minimum absolute atomic E-state index is 0.158. The summed E-state index contributed by atoms with van der Waals surface area (Å²) in [4.78, 5) is 10.6. The number of rotatable bonds is 11. The number of carbonyl (C=O) groups is 1. The fraction of sp³-hybridized carbons (Fsp3) is 0.773. The average molecular weight is 365 g/mol. The summed E-state index contributed by atoms with van der Waals surface area (Å²) in [6.07, 6.45) is 15.7. The van der Waals surface area contributed by atoms with Crippen LogP contribution >= 0.6 is 0 Å². The van der Waals surface area contributed by atoms with Crippen LogP contribution in [0.2, 0.25) is 0 Å². The maximum absolute atomic E-state index is 10.6. The standard InChI is InChI=1S/C22H36O4/c1-2-3-4-8-18(23)11-13-20-19-12-10-16(7-5-6-9-22(25)26)14-17(19)15-21(20)24/h11,13-14,17-21,23-24H,2-10,12,15H2,1H3,(H,25,26)/b13-11-/t17-,18?,19+,20+,21+/m1/s1. The van der Waals surface area contributed by atoms with Crippen LogP contribution in [0.5, 0.6) is 0 Å². The molecule has 2 aliphatic carbocycles. The summed E-state index contributed by atoms with van der Waals surface area (Å²) < 4.78 is 0. The van der Waals surface area contributed by atoms with E-state index in [2.05, 4.69) is 19.1 Å². The molecule has 0 aromatic heterocycles. The molecule has 2 rings (SSSR count). The van der Waals surface area contributed by atoms with E-state index in [1.807, 2.05) is 6.08 Å². The van der Waals surface area contributed by atoms with Gasteiger partial charge < -0.3 is 15.3 Å². The van der Waals surface area contributed by atoms with Gasteiger partial charge in [0.2, 0.25) is 0 Å². The monoisotopic (exact) mass is 364 g/mol. The van der Waals surface area contributed by atoms with Crippen molar-refractivity contribution in [1.82, 2.24) is 0 Å². The number of carboxylic acid groups (broad SMARTS) is 1. The molecule has 0 spiro atoms. The Morgan fingerprint density at radius 1 is 1.31 bits per heavy atom. The minimum atomic E-state index is -0.715. The van der Waals surface area contributed by atoms with E-state index in [1.165, 1.54) is 5.57 Å². The molecule has 1 saturated carbocycles. The summed E-state index contributed by atoms with van der Waals surface area (Å²) in [7, 11) is 0. The van der Waals surface area contributed by atoms with Crippen molar-refractivity contribution < 1.29 is 20.1 Å². The van der Waals surface area contributed by atoms with Crippen LogP contribution in [0, 0.1) is 17.8 Å². The molecule has 0 bridgehead atoms. The lowest BCUT2D eigenvalue weighted by atomic mass is 9.78. The van der Waals surface area contributed by atoms with Crippen molar-refractivity contribution in [2.24, 2.45) is 17.8 Å². The molecular weight excluding hydrogens is 328 g/mol. The topological polar surface area (TPSA) is 77.8 Å². The van der Waals surface area contributed by atoms with Crippen LogP contribution in [0.25, 0.3) is 0 Å². The van der Waals surface area contributed by atoms with Gasteiger partial charge in [-0.05, 0) is 56.8 Å². The maximum Gasteiger partial charge on any atom is 0.303 e. The zero-order chi connectivity index (χ0) is 18.9. The first-order valence-corrected chi connectivity index (χ1v) is 10.5. The highest BCUT2D eigenvalue weighted by Crippen LogP contribution is 2.46. The van der Waals surface area contributed by atoms with E-state index in [0.717, 1.165) is 64.2 Å². The molecular formula is C22H36O4. The number of aliphatic hydroxyl groups is 2. The molecule has 4 heteroatoms. The Morgan fingerprint density at radius 3 is 2.85 bits per heavy atom. The maximum atomic E-state index is 10.6. The number of hydrogen-bond donors (Lipinski definition) is 3. The van der Waals surface area contributed by atoms with E-state index in [4.69, 9.17) is 5.11 Å². The summed E-state index contributed by atoms with van der Waals surface area (Å²) >= 11 is 0. The lowest BCUT2D eigenvalue weighted by molar-refractivity contribution is -0.137. The first-order valence-electron chi connectivity index (χ1n) is 10.5. The minimum Gasteiger partial charge on any atom is -0.481 e. The third kappa shape index (κ3) is 6.55. The van der Waals surface area contributed by atoms with E-state index < -0.39 is 12.1 Å². The predicted molar refractivity (Wildman–Crippen MR) is 104 cm³/mol. The lowest BCUT2D eigenvalue weighted by Crippen LogP contribution is -2.21. The van der Waals surface area contributed by atoms with Gasteiger partial charge in [0.1, 0.15) is 0 Å². The molecule has 0 saturated heterocycles. The van der Waals surface area contributed by atoms with Gasteiger partial charge in [-0.2, -0.15) is 0 Å². The van der Waals surface area contributed by atoms with E-state index in [-0.39, 0.29) is 18.4 Å². The van der Waals surface area contributed by atoms with E-state index in [9.17, 15) is 15.0 Å². The predicted octanol–water partition coefficient (Wildman–Crippen LogP) is 4.46. The normalized spacial score (nSPS) is 29.6. The van der Waals surface area contributed by atoms with Crippen LogP contribution in [-0.2, 0) is 4.79 Å². The quantitative estimate of drug-likeness (QED) is 0.373. The van der Waals surface area contributed by atoms with Crippen molar-refractivity contribution in [1.29, 1.82) is 0 Å². The molecule has 3 N–H and O–H groups in total. The van der Waals surface area contributed by atoms with Gasteiger partial charge >= 0.3 is 5.97 Å². The summed E-state index contributed by atoms with van der Waals surface area (Å²) in [5.74, 6) is 0.353. The van der Waals surface area contributed by atoms with Crippen LogP contribution in [0.15, 0.2) is 23.8 Å². The van der Waals surface area contributed by atoms with Crippen molar-refractivity contribution in [2.45, 2.75) is 89.8 Å². The number of allylic oxidation sites excluding steroid dienone is 2. The SMILES string of the molecule is CCCCCC(O)/C=C\[C@H]1[C@H]2CCC(CCCCC(=O)O)=C[C@@H]2C[C@@H]1O. The van der Waals surface area contributed by atoms with Crippen molar-refractivity contribution in [3.63, 3.8) is 0 Å². The second-order valence-corrected chi connectivity index (χ2v) is 8.12. The lowest BCUT2D eigenvalue weighted by Gasteiger charge is -2.27. The molecule has 0 heterocycles. The zero-order valence-corrected chi connectivity index (χ0v) is 16.1. The largest absolute Gasteiger partial charge is 0.481 e. The summed E-state index contributed by atoms with van der Waals surface area (Å²) in [6.45, 7) is 2.16. The number of carboxylic acids is 1. The Hall–Kier alpha value is -1.13. The molecule has 2 aliphatic rings. The number of aliphatic hydroxyl groups excluding tert-OH is 2. The Labute approximate surface area is 158 Å². The fourth-order valence-corrected chi connectivity index (χ4v) is 4.58.